The van der Waals surface area contributed by atoms with Gasteiger partial charge in [-0.15, -0.1) is 0 Å². The van der Waals surface area contributed by atoms with Gasteiger partial charge in [0.05, 0.1) is 11.7 Å². The number of carbonyl (C=O) groups excluding carboxylic acids is 1. The van der Waals surface area contributed by atoms with Gasteiger partial charge in [-0.1, -0.05) is 0 Å². The van der Waals surface area contributed by atoms with Gasteiger partial charge in [0, 0.05) is 31.5 Å². The van der Waals surface area contributed by atoms with Crippen molar-refractivity contribution in [2.45, 2.75) is 19.4 Å². The van der Waals surface area contributed by atoms with Gasteiger partial charge in [-0.05, 0) is 37.4 Å². The molecule has 2 aliphatic heterocycles. The van der Waals surface area contributed by atoms with Crippen molar-refractivity contribution in [2.75, 3.05) is 19.6 Å². The van der Waals surface area contributed by atoms with Crippen molar-refractivity contribution in [3.63, 3.8) is 0 Å². The fourth-order valence-electron chi connectivity index (χ4n) is 3.45. The van der Waals surface area contributed by atoms with Gasteiger partial charge in [0.25, 0.3) is 5.91 Å². The van der Waals surface area contributed by atoms with Crippen molar-refractivity contribution >= 4 is 11.4 Å². The maximum absolute atomic E-state index is 12.3. The topological polar surface area (TPSA) is 49.6 Å². The normalized spacial score (nSPS) is 28.1. The fourth-order valence-corrected chi connectivity index (χ4v) is 3.45. The molecule has 20 heavy (non-hydrogen) atoms. The van der Waals surface area contributed by atoms with Crippen molar-refractivity contribution < 1.29 is 4.79 Å². The van der Waals surface area contributed by atoms with Crippen molar-refractivity contribution in [3.05, 3.63) is 35.9 Å². The van der Waals surface area contributed by atoms with E-state index in [4.69, 9.17) is 0 Å². The van der Waals surface area contributed by atoms with E-state index in [2.05, 4.69) is 15.2 Å². The number of amides is 1. The molecule has 1 amide bonds. The molecule has 0 spiro atoms. The molecule has 2 aliphatic rings. The zero-order valence-corrected chi connectivity index (χ0v) is 11.5. The Morgan fingerprint density at radius 3 is 3.10 bits per heavy atom. The van der Waals surface area contributed by atoms with Crippen LogP contribution in [0.15, 0.2) is 24.7 Å². The first-order chi connectivity index (χ1) is 9.70. The van der Waals surface area contributed by atoms with E-state index >= 15 is 0 Å². The first-order valence-corrected chi connectivity index (χ1v) is 7.17. The Hall–Kier alpha value is -1.88. The van der Waals surface area contributed by atoms with E-state index in [9.17, 15) is 4.79 Å². The number of hydrogen-bond acceptors (Lipinski definition) is 3. The largest absolute Gasteiger partial charge is 0.346 e. The number of aromatic nitrogens is 2. The first-order valence-electron chi connectivity index (χ1n) is 7.17. The SMILES string of the molecule is Cc1ccn2cc(C(=O)NC3CN4CC[C@H]3C4)ncc12. The average molecular weight is 270 g/mol. The van der Waals surface area contributed by atoms with Crippen LogP contribution in [0.2, 0.25) is 0 Å². The summed E-state index contributed by atoms with van der Waals surface area (Å²) in [7, 11) is 0. The minimum Gasteiger partial charge on any atom is -0.346 e. The summed E-state index contributed by atoms with van der Waals surface area (Å²) in [6.45, 7) is 5.35. The van der Waals surface area contributed by atoms with Crippen molar-refractivity contribution in [1.82, 2.24) is 19.6 Å². The number of fused-ring (bicyclic) bond motifs is 3. The molecule has 2 bridgehead atoms. The molecule has 2 fully saturated rings. The quantitative estimate of drug-likeness (QED) is 0.888. The molecule has 0 saturated carbocycles. The summed E-state index contributed by atoms with van der Waals surface area (Å²) in [5.74, 6) is 0.563. The van der Waals surface area contributed by atoms with Crippen molar-refractivity contribution in [3.8, 4) is 0 Å². The predicted molar refractivity (Wildman–Crippen MR) is 75.7 cm³/mol. The maximum atomic E-state index is 12.3. The Morgan fingerprint density at radius 1 is 1.45 bits per heavy atom. The number of hydrogen-bond donors (Lipinski definition) is 1. The molecule has 2 aromatic heterocycles. The number of piperidine rings is 1. The monoisotopic (exact) mass is 270 g/mol. The highest BCUT2D eigenvalue weighted by atomic mass is 16.2. The van der Waals surface area contributed by atoms with Gasteiger partial charge < -0.3 is 14.6 Å². The van der Waals surface area contributed by atoms with Crippen LogP contribution in [0, 0.1) is 12.8 Å². The highest BCUT2D eigenvalue weighted by Crippen LogP contribution is 2.27. The minimum absolute atomic E-state index is 0.0583. The van der Waals surface area contributed by atoms with Crippen LogP contribution in [-0.4, -0.2) is 45.9 Å². The summed E-state index contributed by atoms with van der Waals surface area (Å²) in [5, 5.41) is 3.14. The lowest BCUT2D eigenvalue weighted by Crippen LogP contribution is -2.43. The van der Waals surface area contributed by atoms with E-state index in [1.807, 2.05) is 29.8 Å². The summed E-state index contributed by atoms with van der Waals surface area (Å²) in [5.41, 5.74) is 2.71. The van der Waals surface area contributed by atoms with Crippen LogP contribution in [0.5, 0.6) is 0 Å². The molecule has 0 radical (unpaired) electrons. The number of nitrogens with one attached hydrogen (secondary N) is 1. The van der Waals surface area contributed by atoms with Crippen molar-refractivity contribution in [2.24, 2.45) is 5.92 Å². The third-order valence-electron chi connectivity index (χ3n) is 4.64. The molecular weight excluding hydrogens is 252 g/mol. The molecule has 2 saturated heterocycles. The summed E-state index contributed by atoms with van der Waals surface area (Å²) in [6.07, 6.45) is 6.75. The Morgan fingerprint density at radius 2 is 2.35 bits per heavy atom. The summed E-state index contributed by atoms with van der Waals surface area (Å²) < 4.78 is 1.96. The molecule has 4 rings (SSSR count). The molecule has 1 N–H and O–H groups in total. The molecule has 0 aliphatic carbocycles. The third kappa shape index (κ3) is 1.81. The van der Waals surface area contributed by atoms with E-state index in [1.165, 1.54) is 18.5 Å². The van der Waals surface area contributed by atoms with Crippen LogP contribution in [0.3, 0.4) is 0 Å². The average Bonchev–Trinajstić information content (AvgIpc) is 3.14. The van der Waals surface area contributed by atoms with Gasteiger partial charge in [-0.25, -0.2) is 4.98 Å². The first kappa shape index (κ1) is 11.9. The van der Waals surface area contributed by atoms with Crippen LogP contribution >= 0.6 is 0 Å². The Labute approximate surface area is 117 Å². The molecule has 5 heteroatoms. The second-order valence-electron chi connectivity index (χ2n) is 5.95. The molecular formula is C15H18N4O. The molecule has 3 atom stereocenters. The Kier molecular flexibility index (Phi) is 2.57. The zero-order chi connectivity index (χ0) is 13.7. The second-order valence-corrected chi connectivity index (χ2v) is 5.95. The van der Waals surface area contributed by atoms with Crippen LogP contribution in [0.4, 0.5) is 0 Å². The summed E-state index contributed by atoms with van der Waals surface area (Å²) >= 11 is 0. The van der Waals surface area contributed by atoms with E-state index in [1.54, 1.807) is 6.20 Å². The lowest BCUT2D eigenvalue weighted by molar-refractivity contribution is 0.0919. The zero-order valence-electron chi connectivity index (χ0n) is 11.5. The lowest BCUT2D eigenvalue weighted by Gasteiger charge is -2.22. The van der Waals surface area contributed by atoms with E-state index < -0.39 is 0 Å². The van der Waals surface area contributed by atoms with Gasteiger partial charge in [0.1, 0.15) is 5.69 Å². The van der Waals surface area contributed by atoms with Gasteiger partial charge in [-0.3, -0.25) is 4.79 Å². The minimum atomic E-state index is -0.0583. The molecule has 2 unspecified atom stereocenters. The maximum Gasteiger partial charge on any atom is 0.271 e. The van der Waals surface area contributed by atoms with Gasteiger partial charge >= 0.3 is 0 Å². The third-order valence-corrected chi connectivity index (χ3v) is 4.64. The molecule has 104 valence electrons. The number of rotatable bonds is 2. The number of carbonyl (C=O) groups is 1. The highest BCUT2D eigenvalue weighted by Gasteiger charge is 2.38. The van der Waals surface area contributed by atoms with Gasteiger partial charge in [-0.2, -0.15) is 0 Å². The Balaban J connectivity index is 1.54. The molecule has 0 aromatic carbocycles. The molecule has 4 heterocycles. The molecule has 2 aromatic rings. The number of nitrogens with zero attached hydrogens (tertiary/aromatic N) is 3. The van der Waals surface area contributed by atoms with Crippen LogP contribution in [-0.2, 0) is 0 Å². The fraction of sp³-hybridized carbons (Fsp3) is 0.467. The predicted octanol–water partition coefficient (Wildman–Crippen LogP) is 1.08. The van der Waals surface area contributed by atoms with E-state index in [0.29, 0.717) is 17.7 Å². The van der Waals surface area contributed by atoms with Crippen LogP contribution < -0.4 is 5.32 Å². The van der Waals surface area contributed by atoms with Gasteiger partial charge in [0.15, 0.2) is 0 Å². The standard InChI is InChI=1S/C15H18N4O/c1-10-2-5-19-9-13(16-6-14(10)19)15(20)17-12-8-18-4-3-11(12)7-18/h2,5-6,9,11-12H,3-4,7-8H2,1H3,(H,17,20)/t11-,12?/m0/s1. The summed E-state index contributed by atoms with van der Waals surface area (Å²) in [4.78, 5) is 19.0. The summed E-state index contributed by atoms with van der Waals surface area (Å²) in [6, 6.07) is 2.32. The highest BCUT2D eigenvalue weighted by molar-refractivity contribution is 5.92. The molecule has 5 nitrogen and oxygen atoms in total. The van der Waals surface area contributed by atoms with Crippen LogP contribution in [0.25, 0.3) is 5.52 Å². The van der Waals surface area contributed by atoms with E-state index in [0.717, 1.165) is 18.6 Å². The smallest absolute Gasteiger partial charge is 0.271 e. The Bertz CT molecular complexity index is 678. The second kappa shape index (κ2) is 4.31. The van der Waals surface area contributed by atoms with E-state index in [-0.39, 0.29) is 5.91 Å². The van der Waals surface area contributed by atoms with Gasteiger partial charge in [0.2, 0.25) is 0 Å². The number of aryl methyl sites for hydroxylation is 1. The lowest BCUT2D eigenvalue weighted by atomic mass is 10.00. The van der Waals surface area contributed by atoms with Crippen molar-refractivity contribution in [1.29, 1.82) is 0 Å². The van der Waals surface area contributed by atoms with Crippen LogP contribution in [0.1, 0.15) is 22.5 Å².